The van der Waals surface area contributed by atoms with E-state index in [1.54, 1.807) is 12.1 Å². The monoisotopic (exact) mass is 404 g/mol. The van der Waals surface area contributed by atoms with Gasteiger partial charge in [0, 0.05) is 9.64 Å². The maximum atomic E-state index is 12.2. The van der Waals surface area contributed by atoms with Gasteiger partial charge in [-0.05, 0) is 52.9 Å². The molecule has 2 aromatic rings. The highest BCUT2D eigenvalue weighted by Gasteiger charge is 2.20. The summed E-state index contributed by atoms with van der Waals surface area (Å²) in [5, 5.41) is 10.9. The van der Waals surface area contributed by atoms with Crippen molar-refractivity contribution < 1.29 is 13.3 Å². The summed E-state index contributed by atoms with van der Waals surface area (Å²) in [6, 6.07) is 11.8. The quantitative estimate of drug-likeness (QED) is 0.482. The van der Waals surface area contributed by atoms with Crippen LogP contribution >= 0.6 is 22.6 Å². The first kappa shape index (κ1) is 14.7. The number of nitrogens with zero attached hydrogens (tertiary/aromatic N) is 1. The molecule has 1 N–H and O–H groups in total. The molecule has 0 fully saturated rings. The topological polar surface area (TPSA) is 89.3 Å². The van der Waals surface area contributed by atoms with Crippen molar-refractivity contribution in [3.05, 3.63) is 62.2 Å². The normalized spacial score (nSPS) is 11.1. The van der Waals surface area contributed by atoms with Crippen molar-refractivity contribution in [3.8, 4) is 0 Å². The number of benzene rings is 2. The van der Waals surface area contributed by atoms with Crippen LogP contribution in [0.25, 0.3) is 0 Å². The summed E-state index contributed by atoms with van der Waals surface area (Å²) >= 11 is 2.06. The molecule has 0 unspecified atom stereocenters. The van der Waals surface area contributed by atoms with Crippen LogP contribution in [-0.2, 0) is 10.0 Å². The average molecular weight is 404 g/mol. The van der Waals surface area contributed by atoms with Crippen molar-refractivity contribution in [1.82, 2.24) is 0 Å². The Morgan fingerprint density at radius 1 is 1.05 bits per heavy atom. The van der Waals surface area contributed by atoms with Gasteiger partial charge in [0.2, 0.25) is 0 Å². The van der Waals surface area contributed by atoms with Crippen LogP contribution in [-0.4, -0.2) is 13.3 Å². The van der Waals surface area contributed by atoms with E-state index in [1.165, 1.54) is 36.4 Å². The minimum Gasteiger partial charge on any atom is -0.273 e. The van der Waals surface area contributed by atoms with Gasteiger partial charge in [0.25, 0.3) is 15.7 Å². The third kappa shape index (κ3) is 3.25. The number of rotatable bonds is 4. The van der Waals surface area contributed by atoms with Gasteiger partial charge in [-0.25, -0.2) is 8.42 Å². The van der Waals surface area contributed by atoms with E-state index in [0.29, 0.717) is 0 Å². The molecule has 0 bridgehead atoms. The fraction of sp³-hybridized carbons (Fsp3) is 0. The maximum Gasteiger partial charge on any atom is 0.293 e. The highest BCUT2D eigenvalue weighted by atomic mass is 127. The molecule has 0 saturated heterocycles. The summed E-state index contributed by atoms with van der Waals surface area (Å²) in [5.74, 6) is 0. The van der Waals surface area contributed by atoms with E-state index < -0.39 is 14.9 Å². The smallest absolute Gasteiger partial charge is 0.273 e. The minimum atomic E-state index is -3.84. The standard InChI is InChI=1S/C12H9IN2O4S/c13-9-5-7-10(8-6-9)20(18,19)14-11-3-1-2-4-12(11)15(16)17/h1-8,14H. The van der Waals surface area contributed by atoms with Crippen LogP contribution in [0.5, 0.6) is 0 Å². The lowest BCUT2D eigenvalue weighted by molar-refractivity contribution is -0.383. The highest BCUT2D eigenvalue weighted by Crippen LogP contribution is 2.26. The second-order valence-electron chi connectivity index (χ2n) is 3.83. The molecule has 0 aromatic heterocycles. The van der Waals surface area contributed by atoms with Crippen LogP contribution in [0.15, 0.2) is 53.4 Å². The summed E-state index contributed by atoms with van der Waals surface area (Å²) in [7, 11) is -3.84. The second kappa shape index (κ2) is 5.75. The van der Waals surface area contributed by atoms with Gasteiger partial charge in [0.15, 0.2) is 0 Å². The molecule has 2 rings (SSSR count). The molecule has 0 saturated carbocycles. The first-order valence-electron chi connectivity index (χ1n) is 5.42. The molecular weight excluding hydrogens is 395 g/mol. The zero-order valence-electron chi connectivity index (χ0n) is 9.99. The predicted molar refractivity (Wildman–Crippen MR) is 83.1 cm³/mol. The number of nitrogens with one attached hydrogen (secondary N) is 1. The molecule has 0 amide bonds. The first-order chi connectivity index (χ1) is 9.40. The van der Waals surface area contributed by atoms with Crippen molar-refractivity contribution in [1.29, 1.82) is 0 Å². The van der Waals surface area contributed by atoms with E-state index in [0.717, 1.165) is 3.57 Å². The lowest BCUT2D eigenvalue weighted by atomic mass is 10.3. The van der Waals surface area contributed by atoms with Gasteiger partial charge in [-0.2, -0.15) is 0 Å². The van der Waals surface area contributed by atoms with E-state index in [-0.39, 0.29) is 16.3 Å². The molecule has 8 heteroatoms. The van der Waals surface area contributed by atoms with Gasteiger partial charge in [-0.3, -0.25) is 14.8 Å². The van der Waals surface area contributed by atoms with Crippen molar-refractivity contribution in [3.63, 3.8) is 0 Å². The Morgan fingerprint density at radius 2 is 1.65 bits per heavy atom. The number of hydrogen-bond acceptors (Lipinski definition) is 4. The Balaban J connectivity index is 2.38. The van der Waals surface area contributed by atoms with Crippen LogP contribution in [0.1, 0.15) is 0 Å². The van der Waals surface area contributed by atoms with E-state index in [2.05, 4.69) is 27.3 Å². The number of sulfonamides is 1. The van der Waals surface area contributed by atoms with Crippen molar-refractivity contribution in [2.75, 3.05) is 4.72 Å². The number of para-hydroxylation sites is 2. The summed E-state index contributed by atoms with van der Waals surface area (Å²) in [6.45, 7) is 0. The summed E-state index contributed by atoms with van der Waals surface area (Å²) < 4.78 is 27.4. The van der Waals surface area contributed by atoms with Gasteiger partial charge in [-0.15, -0.1) is 0 Å². The molecule has 0 spiro atoms. The van der Waals surface area contributed by atoms with Gasteiger partial charge in [-0.1, -0.05) is 12.1 Å². The molecule has 2 aromatic carbocycles. The lowest BCUT2D eigenvalue weighted by Crippen LogP contribution is -2.14. The molecule has 0 aliphatic carbocycles. The van der Waals surface area contributed by atoms with Crippen molar-refractivity contribution in [2.24, 2.45) is 0 Å². The Morgan fingerprint density at radius 3 is 2.25 bits per heavy atom. The number of anilines is 1. The molecule has 0 radical (unpaired) electrons. The number of halogens is 1. The Kier molecular flexibility index (Phi) is 4.23. The van der Waals surface area contributed by atoms with Crippen LogP contribution in [0, 0.1) is 13.7 Å². The Bertz CT molecular complexity index is 744. The van der Waals surface area contributed by atoms with Gasteiger partial charge < -0.3 is 0 Å². The van der Waals surface area contributed by atoms with Crippen molar-refractivity contribution >= 4 is 44.0 Å². The fourth-order valence-electron chi connectivity index (χ4n) is 1.54. The second-order valence-corrected chi connectivity index (χ2v) is 6.76. The van der Waals surface area contributed by atoms with Crippen molar-refractivity contribution in [2.45, 2.75) is 4.90 Å². The molecule has 0 atom stereocenters. The lowest BCUT2D eigenvalue weighted by Gasteiger charge is -2.08. The van der Waals surface area contributed by atoms with Crippen LogP contribution in [0.3, 0.4) is 0 Å². The molecular formula is C12H9IN2O4S. The summed E-state index contributed by atoms with van der Waals surface area (Å²) in [6.07, 6.45) is 0. The largest absolute Gasteiger partial charge is 0.293 e. The van der Waals surface area contributed by atoms with E-state index in [9.17, 15) is 18.5 Å². The number of nitro benzene ring substituents is 1. The summed E-state index contributed by atoms with van der Waals surface area (Å²) in [5.41, 5.74) is -0.349. The maximum absolute atomic E-state index is 12.2. The van der Waals surface area contributed by atoms with E-state index in [1.807, 2.05) is 0 Å². The third-order valence-corrected chi connectivity index (χ3v) is 4.57. The number of hydrogen-bond donors (Lipinski definition) is 1. The van der Waals surface area contributed by atoms with Crippen LogP contribution in [0.4, 0.5) is 11.4 Å². The van der Waals surface area contributed by atoms with E-state index in [4.69, 9.17) is 0 Å². The molecule has 20 heavy (non-hydrogen) atoms. The van der Waals surface area contributed by atoms with E-state index >= 15 is 0 Å². The van der Waals surface area contributed by atoms with Gasteiger partial charge >= 0.3 is 0 Å². The van der Waals surface area contributed by atoms with Gasteiger partial charge in [0.1, 0.15) is 5.69 Å². The minimum absolute atomic E-state index is 0.0519. The highest BCUT2D eigenvalue weighted by molar-refractivity contribution is 14.1. The zero-order chi connectivity index (χ0) is 14.8. The Labute approximate surface area is 129 Å². The molecule has 104 valence electrons. The molecule has 0 aliphatic rings. The Hall–Kier alpha value is -1.68. The zero-order valence-corrected chi connectivity index (χ0v) is 13.0. The SMILES string of the molecule is O=[N+]([O-])c1ccccc1NS(=O)(=O)c1ccc(I)cc1. The average Bonchev–Trinajstić information content (AvgIpc) is 2.39. The van der Waals surface area contributed by atoms with Crippen LogP contribution in [0.2, 0.25) is 0 Å². The van der Waals surface area contributed by atoms with Crippen LogP contribution < -0.4 is 4.72 Å². The number of nitro groups is 1. The molecule has 0 aliphatic heterocycles. The molecule has 0 heterocycles. The molecule has 6 nitrogen and oxygen atoms in total. The fourth-order valence-corrected chi connectivity index (χ4v) is 2.97. The van der Waals surface area contributed by atoms with Gasteiger partial charge in [0.05, 0.1) is 9.82 Å². The summed E-state index contributed by atoms with van der Waals surface area (Å²) in [4.78, 5) is 10.3. The first-order valence-corrected chi connectivity index (χ1v) is 7.98. The predicted octanol–water partition coefficient (Wildman–Crippen LogP) is 3.00. The third-order valence-electron chi connectivity index (χ3n) is 2.47.